The van der Waals surface area contributed by atoms with Gasteiger partial charge in [-0.3, -0.25) is 14.9 Å². The van der Waals surface area contributed by atoms with Crippen molar-refractivity contribution in [2.24, 2.45) is 0 Å². The Balaban J connectivity index is 2.04. The number of ether oxygens (including phenoxy) is 1. The lowest BCUT2D eigenvalue weighted by atomic mass is 10.2. The van der Waals surface area contributed by atoms with Crippen LogP contribution in [0.1, 0.15) is 6.92 Å². The van der Waals surface area contributed by atoms with Crippen molar-refractivity contribution in [3.05, 3.63) is 61.6 Å². The van der Waals surface area contributed by atoms with E-state index >= 15 is 0 Å². The predicted molar refractivity (Wildman–Crippen MR) is 93.3 cm³/mol. The van der Waals surface area contributed by atoms with Crippen molar-refractivity contribution >= 4 is 52.1 Å². The van der Waals surface area contributed by atoms with Gasteiger partial charge >= 0.3 is 0 Å². The predicted octanol–water partition coefficient (Wildman–Crippen LogP) is 4.96. The summed E-state index contributed by atoms with van der Waals surface area (Å²) in [5.41, 5.74) is 0.234. The lowest BCUT2D eigenvalue weighted by molar-refractivity contribution is -0.384. The second-order valence-corrected chi connectivity index (χ2v) is 5.97. The molecular weight excluding hydrogens is 379 g/mol. The third-order valence-electron chi connectivity index (χ3n) is 3.00. The Morgan fingerprint density at radius 2 is 1.71 bits per heavy atom. The van der Waals surface area contributed by atoms with Crippen molar-refractivity contribution in [2.45, 2.75) is 13.0 Å². The van der Waals surface area contributed by atoms with Crippen LogP contribution < -0.4 is 10.1 Å². The molecule has 0 aliphatic heterocycles. The molecule has 2 aromatic rings. The molecule has 1 unspecified atom stereocenters. The number of hydrogen-bond acceptors (Lipinski definition) is 4. The summed E-state index contributed by atoms with van der Waals surface area (Å²) >= 11 is 17.7. The Hall–Kier alpha value is -2.02. The van der Waals surface area contributed by atoms with Gasteiger partial charge < -0.3 is 10.1 Å². The first-order chi connectivity index (χ1) is 11.3. The number of hydrogen-bond donors (Lipinski definition) is 1. The third-order valence-corrected chi connectivity index (χ3v) is 4.03. The molecule has 0 radical (unpaired) electrons. The third kappa shape index (κ3) is 4.50. The summed E-state index contributed by atoms with van der Waals surface area (Å²) in [5, 5.41) is 13.9. The molecule has 1 atom stereocenters. The van der Waals surface area contributed by atoms with E-state index in [1.807, 2.05) is 0 Å². The van der Waals surface area contributed by atoms with Crippen LogP contribution in [0.3, 0.4) is 0 Å². The zero-order valence-electron chi connectivity index (χ0n) is 12.3. The van der Waals surface area contributed by atoms with Gasteiger partial charge in [0.1, 0.15) is 5.75 Å². The molecule has 0 bridgehead atoms. The molecule has 1 N–H and O–H groups in total. The van der Waals surface area contributed by atoms with Gasteiger partial charge in [-0.25, -0.2) is 0 Å². The number of nitro groups is 1. The summed E-state index contributed by atoms with van der Waals surface area (Å²) in [6.45, 7) is 1.53. The standard InChI is InChI=1S/C15H11Cl3N2O4/c1-8(24-10-4-2-9(3-5-10)20(22)23)15(21)19-14-7-12(17)11(16)6-13(14)18/h2-8H,1H3,(H,19,21). The maximum absolute atomic E-state index is 12.2. The fourth-order valence-corrected chi connectivity index (χ4v) is 2.35. The zero-order chi connectivity index (χ0) is 17.9. The van der Waals surface area contributed by atoms with E-state index in [-0.39, 0.29) is 20.8 Å². The summed E-state index contributed by atoms with van der Waals surface area (Å²) in [7, 11) is 0. The van der Waals surface area contributed by atoms with Gasteiger partial charge in [-0.2, -0.15) is 0 Å². The first-order valence-electron chi connectivity index (χ1n) is 6.64. The normalized spacial score (nSPS) is 11.7. The van der Waals surface area contributed by atoms with E-state index in [2.05, 4.69) is 5.32 Å². The summed E-state index contributed by atoms with van der Waals surface area (Å²) in [5.74, 6) is -0.142. The Kier molecular flexibility index (Phi) is 5.88. The van der Waals surface area contributed by atoms with Crippen LogP contribution in [0.2, 0.25) is 15.1 Å². The molecule has 9 heteroatoms. The number of amides is 1. The van der Waals surface area contributed by atoms with Crippen molar-refractivity contribution in [1.82, 2.24) is 0 Å². The van der Waals surface area contributed by atoms with E-state index < -0.39 is 16.9 Å². The number of rotatable bonds is 5. The highest BCUT2D eigenvalue weighted by atomic mass is 35.5. The van der Waals surface area contributed by atoms with Crippen LogP contribution in [0, 0.1) is 10.1 Å². The minimum atomic E-state index is -0.864. The Bertz CT molecular complexity index is 781. The van der Waals surface area contributed by atoms with Gasteiger partial charge in [-0.15, -0.1) is 0 Å². The summed E-state index contributed by atoms with van der Waals surface area (Å²) < 4.78 is 5.44. The number of halogens is 3. The monoisotopic (exact) mass is 388 g/mol. The van der Waals surface area contributed by atoms with Crippen LogP contribution >= 0.6 is 34.8 Å². The zero-order valence-corrected chi connectivity index (χ0v) is 14.5. The first kappa shape index (κ1) is 18.3. The quantitative estimate of drug-likeness (QED) is 0.445. The molecule has 2 aromatic carbocycles. The highest BCUT2D eigenvalue weighted by Gasteiger charge is 2.17. The van der Waals surface area contributed by atoms with Crippen molar-refractivity contribution < 1.29 is 14.5 Å². The molecule has 0 saturated heterocycles. The van der Waals surface area contributed by atoms with Gasteiger partial charge in [0.15, 0.2) is 6.10 Å². The largest absolute Gasteiger partial charge is 0.481 e. The fraction of sp³-hybridized carbons (Fsp3) is 0.133. The molecule has 0 fully saturated rings. The molecule has 0 aromatic heterocycles. The maximum atomic E-state index is 12.2. The lowest BCUT2D eigenvalue weighted by Gasteiger charge is -2.15. The topological polar surface area (TPSA) is 81.5 Å². The van der Waals surface area contributed by atoms with E-state index in [1.165, 1.54) is 43.3 Å². The molecular formula is C15H11Cl3N2O4. The number of carbonyl (C=O) groups excluding carboxylic acids is 1. The Morgan fingerprint density at radius 3 is 2.29 bits per heavy atom. The second kappa shape index (κ2) is 7.70. The molecule has 0 aliphatic carbocycles. The smallest absolute Gasteiger partial charge is 0.269 e. The molecule has 126 valence electrons. The van der Waals surface area contributed by atoms with Crippen molar-refractivity contribution in [2.75, 3.05) is 5.32 Å². The maximum Gasteiger partial charge on any atom is 0.269 e. The molecule has 0 heterocycles. The van der Waals surface area contributed by atoms with Crippen LogP contribution in [0.4, 0.5) is 11.4 Å². The number of carbonyl (C=O) groups is 1. The van der Waals surface area contributed by atoms with Crippen LogP contribution in [0.15, 0.2) is 36.4 Å². The number of non-ortho nitro benzene ring substituents is 1. The molecule has 1 amide bonds. The molecule has 0 saturated carbocycles. The lowest BCUT2D eigenvalue weighted by Crippen LogP contribution is -2.30. The highest BCUT2D eigenvalue weighted by molar-refractivity contribution is 6.44. The number of nitrogens with zero attached hydrogens (tertiary/aromatic N) is 1. The van der Waals surface area contributed by atoms with Crippen LogP contribution in [0.25, 0.3) is 0 Å². The number of anilines is 1. The Labute approximate surface area is 152 Å². The first-order valence-corrected chi connectivity index (χ1v) is 7.78. The second-order valence-electron chi connectivity index (χ2n) is 4.75. The van der Waals surface area contributed by atoms with Crippen molar-refractivity contribution in [3.63, 3.8) is 0 Å². The van der Waals surface area contributed by atoms with Gasteiger partial charge in [0.2, 0.25) is 0 Å². The fourth-order valence-electron chi connectivity index (χ4n) is 1.76. The van der Waals surface area contributed by atoms with Gasteiger partial charge in [-0.1, -0.05) is 34.8 Å². The van der Waals surface area contributed by atoms with E-state index in [4.69, 9.17) is 39.5 Å². The van der Waals surface area contributed by atoms with E-state index in [9.17, 15) is 14.9 Å². The summed E-state index contributed by atoms with van der Waals surface area (Å²) in [6, 6.07) is 8.25. The number of nitro benzene ring substituents is 1. The summed E-state index contributed by atoms with van der Waals surface area (Å²) in [4.78, 5) is 22.2. The molecule has 24 heavy (non-hydrogen) atoms. The van der Waals surface area contributed by atoms with E-state index in [0.717, 1.165) is 0 Å². The van der Waals surface area contributed by atoms with E-state index in [1.54, 1.807) is 0 Å². The Morgan fingerprint density at radius 1 is 1.12 bits per heavy atom. The average Bonchev–Trinajstić information content (AvgIpc) is 2.53. The van der Waals surface area contributed by atoms with Crippen LogP contribution in [-0.4, -0.2) is 16.9 Å². The SMILES string of the molecule is CC(Oc1ccc([N+](=O)[O-])cc1)C(=O)Nc1cc(Cl)c(Cl)cc1Cl. The van der Waals surface area contributed by atoms with Gasteiger partial charge in [0.25, 0.3) is 11.6 Å². The molecule has 2 rings (SSSR count). The molecule has 0 aliphatic rings. The average molecular weight is 390 g/mol. The molecule has 0 spiro atoms. The van der Waals surface area contributed by atoms with Gasteiger partial charge in [-0.05, 0) is 31.2 Å². The van der Waals surface area contributed by atoms with E-state index in [0.29, 0.717) is 11.4 Å². The van der Waals surface area contributed by atoms with Crippen molar-refractivity contribution in [3.8, 4) is 5.75 Å². The van der Waals surface area contributed by atoms with Crippen LogP contribution in [0.5, 0.6) is 5.75 Å². The number of benzene rings is 2. The van der Waals surface area contributed by atoms with Gasteiger partial charge in [0.05, 0.1) is 25.7 Å². The number of nitrogens with one attached hydrogen (secondary N) is 1. The molecule has 6 nitrogen and oxygen atoms in total. The van der Waals surface area contributed by atoms with Crippen LogP contribution in [-0.2, 0) is 4.79 Å². The van der Waals surface area contributed by atoms with Crippen molar-refractivity contribution in [1.29, 1.82) is 0 Å². The summed E-state index contributed by atoms with van der Waals surface area (Å²) in [6.07, 6.45) is -0.864. The minimum Gasteiger partial charge on any atom is -0.481 e. The highest BCUT2D eigenvalue weighted by Crippen LogP contribution is 2.32. The minimum absolute atomic E-state index is 0.0676. The van der Waals surface area contributed by atoms with Gasteiger partial charge in [0, 0.05) is 12.1 Å².